The molecule has 29 heavy (non-hydrogen) atoms. The van der Waals surface area contributed by atoms with Gasteiger partial charge in [-0.3, -0.25) is 9.62 Å². The third-order valence-electron chi connectivity index (χ3n) is 4.92. The summed E-state index contributed by atoms with van der Waals surface area (Å²) in [6, 6.07) is 21.2. The lowest BCUT2D eigenvalue weighted by Gasteiger charge is -2.36. The zero-order valence-electron chi connectivity index (χ0n) is 15.8. The molecule has 0 aliphatic carbocycles. The van der Waals surface area contributed by atoms with Gasteiger partial charge in [0.2, 0.25) is 0 Å². The number of halogens is 1. The van der Waals surface area contributed by atoms with Gasteiger partial charge in [0, 0.05) is 44.1 Å². The van der Waals surface area contributed by atoms with Gasteiger partial charge in [-0.1, -0.05) is 41.9 Å². The van der Waals surface area contributed by atoms with Crippen molar-refractivity contribution in [1.29, 1.82) is 0 Å². The standard InChI is InChI=1S/C21H22ClN3O2S2/c22-20-10-11-21(28-20)29(26,27)23-18-8-6-17(7-9-18)16-24-12-14-25(15-13-24)19-4-2-1-3-5-19/h1-11,23H,12-16H2. The number of sulfonamides is 1. The van der Waals surface area contributed by atoms with Gasteiger partial charge in [0.05, 0.1) is 4.34 Å². The highest BCUT2D eigenvalue weighted by molar-refractivity contribution is 7.94. The molecule has 0 bridgehead atoms. The highest BCUT2D eigenvalue weighted by atomic mass is 35.5. The van der Waals surface area contributed by atoms with Gasteiger partial charge in [-0.25, -0.2) is 8.42 Å². The van der Waals surface area contributed by atoms with Crippen LogP contribution in [0.1, 0.15) is 5.56 Å². The van der Waals surface area contributed by atoms with Crippen molar-refractivity contribution in [3.63, 3.8) is 0 Å². The van der Waals surface area contributed by atoms with Gasteiger partial charge >= 0.3 is 0 Å². The lowest BCUT2D eigenvalue weighted by Crippen LogP contribution is -2.45. The number of para-hydroxylation sites is 1. The van der Waals surface area contributed by atoms with Crippen molar-refractivity contribution < 1.29 is 8.42 Å². The van der Waals surface area contributed by atoms with Crippen molar-refractivity contribution in [2.24, 2.45) is 0 Å². The molecule has 0 radical (unpaired) electrons. The number of nitrogens with one attached hydrogen (secondary N) is 1. The Bertz CT molecular complexity index is 1050. The normalized spacial score (nSPS) is 15.4. The Labute approximate surface area is 180 Å². The minimum Gasteiger partial charge on any atom is -0.369 e. The number of hydrogen-bond acceptors (Lipinski definition) is 5. The zero-order valence-corrected chi connectivity index (χ0v) is 18.2. The summed E-state index contributed by atoms with van der Waals surface area (Å²) in [5.74, 6) is 0. The second kappa shape index (κ2) is 8.75. The monoisotopic (exact) mass is 447 g/mol. The molecular weight excluding hydrogens is 426 g/mol. The molecule has 5 nitrogen and oxygen atoms in total. The largest absolute Gasteiger partial charge is 0.369 e. The van der Waals surface area contributed by atoms with Crippen LogP contribution in [0.5, 0.6) is 0 Å². The third-order valence-corrected chi connectivity index (χ3v) is 8.02. The molecule has 0 spiro atoms. The van der Waals surface area contributed by atoms with Crippen LogP contribution in [-0.2, 0) is 16.6 Å². The van der Waals surface area contributed by atoms with E-state index in [2.05, 4.69) is 38.8 Å². The molecule has 1 aliphatic rings. The van der Waals surface area contributed by atoms with Crippen LogP contribution in [0.2, 0.25) is 4.34 Å². The van der Waals surface area contributed by atoms with Crippen molar-refractivity contribution in [2.75, 3.05) is 35.8 Å². The number of rotatable bonds is 6. The predicted octanol–water partition coefficient (Wildman–Crippen LogP) is 4.52. The minimum absolute atomic E-state index is 0.211. The lowest BCUT2D eigenvalue weighted by atomic mass is 10.1. The molecule has 4 rings (SSSR count). The van der Waals surface area contributed by atoms with E-state index < -0.39 is 10.0 Å². The van der Waals surface area contributed by atoms with E-state index in [-0.39, 0.29) is 4.21 Å². The maximum Gasteiger partial charge on any atom is 0.271 e. The van der Waals surface area contributed by atoms with Crippen LogP contribution in [0, 0.1) is 0 Å². The summed E-state index contributed by atoms with van der Waals surface area (Å²) in [6.07, 6.45) is 0. The number of hydrogen-bond donors (Lipinski definition) is 1. The Balaban J connectivity index is 1.32. The number of piperazine rings is 1. The van der Waals surface area contributed by atoms with Crippen molar-refractivity contribution in [3.05, 3.63) is 76.6 Å². The van der Waals surface area contributed by atoms with Crippen LogP contribution in [0.15, 0.2) is 70.9 Å². The molecule has 1 fully saturated rings. The van der Waals surface area contributed by atoms with Crippen LogP contribution in [0.3, 0.4) is 0 Å². The van der Waals surface area contributed by atoms with Crippen LogP contribution < -0.4 is 9.62 Å². The van der Waals surface area contributed by atoms with Crippen LogP contribution in [0.25, 0.3) is 0 Å². The first-order valence-electron chi connectivity index (χ1n) is 9.39. The molecule has 1 aromatic heterocycles. The number of thiophene rings is 1. The van der Waals surface area contributed by atoms with Crippen molar-refractivity contribution in [2.45, 2.75) is 10.8 Å². The summed E-state index contributed by atoms with van der Waals surface area (Å²) in [5, 5.41) is 0. The van der Waals surface area contributed by atoms with Gasteiger partial charge in [-0.2, -0.15) is 0 Å². The second-order valence-corrected chi connectivity index (χ2v) is 10.6. The Morgan fingerprint density at radius 3 is 2.21 bits per heavy atom. The highest BCUT2D eigenvalue weighted by Gasteiger charge is 2.18. The molecular formula is C21H22ClN3O2S2. The first kappa shape index (κ1) is 20.2. The number of benzene rings is 2. The van der Waals surface area contributed by atoms with Gasteiger partial charge < -0.3 is 4.90 Å². The SMILES string of the molecule is O=S(=O)(Nc1ccc(CN2CCN(c3ccccc3)CC2)cc1)c1ccc(Cl)s1. The molecule has 3 aromatic rings. The van der Waals surface area contributed by atoms with Gasteiger partial charge in [0.25, 0.3) is 10.0 Å². The summed E-state index contributed by atoms with van der Waals surface area (Å²) in [6.45, 7) is 4.87. The van der Waals surface area contributed by atoms with Crippen LogP contribution >= 0.6 is 22.9 Å². The Morgan fingerprint density at radius 2 is 1.59 bits per heavy atom. The molecule has 0 unspecified atom stereocenters. The molecule has 1 N–H and O–H groups in total. The van der Waals surface area contributed by atoms with E-state index in [9.17, 15) is 8.42 Å². The van der Waals surface area contributed by atoms with E-state index in [0.717, 1.165) is 44.1 Å². The molecule has 2 heterocycles. The summed E-state index contributed by atoms with van der Waals surface area (Å²) < 4.78 is 28.1. The fraction of sp³-hybridized carbons (Fsp3) is 0.238. The average molecular weight is 448 g/mol. The fourth-order valence-corrected chi connectivity index (χ4v) is 5.93. The molecule has 2 aromatic carbocycles. The number of nitrogens with zero attached hydrogens (tertiary/aromatic N) is 2. The maximum absolute atomic E-state index is 12.4. The number of anilines is 2. The Hall–Kier alpha value is -2.06. The van der Waals surface area contributed by atoms with Crippen molar-refractivity contribution in [1.82, 2.24) is 4.90 Å². The van der Waals surface area contributed by atoms with Gasteiger partial charge in [0.15, 0.2) is 0 Å². The van der Waals surface area contributed by atoms with Crippen LogP contribution in [0.4, 0.5) is 11.4 Å². The average Bonchev–Trinajstić information content (AvgIpc) is 3.18. The lowest BCUT2D eigenvalue weighted by molar-refractivity contribution is 0.250. The molecule has 1 saturated heterocycles. The minimum atomic E-state index is -3.60. The summed E-state index contributed by atoms with van der Waals surface area (Å²) in [4.78, 5) is 4.83. The van der Waals surface area contributed by atoms with E-state index in [4.69, 9.17) is 11.6 Å². The molecule has 1 aliphatic heterocycles. The predicted molar refractivity (Wildman–Crippen MR) is 121 cm³/mol. The van der Waals surface area contributed by atoms with E-state index >= 15 is 0 Å². The van der Waals surface area contributed by atoms with Crippen LogP contribution in [-0.4, -0.2) is 39.5 Å². The molecule has 152 valence electrons. The smallest absolute Gasteiger partial charge is 0.271 e. The third kappa shape index (κ3) is 5.11. The summed E-state index contributed by atoms with van der Waals surface area (Å²) in [7, 11) is -3.60. The summed E-state index contributed by atoms with van der Waals surface area (Å²) in [5.41, 5.74) is 2.99. The van der Waals surface area contributed by atoms with E-state index in [1.54, 1.807) is 6.07 Å². The van der Waals surface area contributed by atoms with Gasteiger partial charge in [-0.15, -0.1) is 11.3 Å². The molecule has 0 atom stereocenters. The van der Waals surface area contributed by atoms with E-state index in [0.29, 0.717) is 10.0 Å². The second-order valence-electron chi connectivity index (χ2n) is 6.96. The fourth-order valence-electron chi connectivity index (χ4n) is 3.39. The maximum atomic E-state index is 12.4. The zero-order chi connectivity index (χ0) is 20.3. The quantitative estimate of drug-likeness (QED) is 0.603. The Kier molecular flexibility index (Phi) is 6.10. The van der Waals surface area contributed by atoms with E-state index in [1.807, 2.05) is 30.3 Å². The molecule has 8 heteroatoms. The first-order valence-corrected chi connectivity index (χ1v) is 12.1. The molecule has 0 saturated carbocycles. The summed E-state index contributed by atoms with van der Waals surface area (Å²) >= 11 is 6.89. The van der Waals surface area contributed by atoms with Crippen molar-refractivity contribution >= 4 is 44.3 Å². The Morgan fingerprint density at radius 1 is 0.897 bits per heavy atom. The molecule has 0 amide bonds. The van der Waals surface area contributed by atoms with Gasteiger partial charge in [-0.05, 0) is 42.0 Å². The topological polar surface area (TPSA) is 52.7 Å². The van der Waals surface area contributed by atoms with E-state index in [1.165, 1.54) is 17.3 Å². The first-order chi connectivity index (χ1) is 14.0. The van der Waals surface area contributed by atoms with Gasteiger partial charge in [0.1, 0.15) is 4.21 Å². The highest BCUT2D eigenvalue weighted by Crippen LogP contribution is 2.27. The van der Waals surface area contributed by atoms with Crippen molar-refractivity contribution in [3.8, 4) is 0 Å².